The number of ether oxygens (including phenoxy) is 1. The number of benzene rings is 3. The van der Waals surface area contributed by atoms with Crippen LogP contribution in [0.15, 0.2) is 78.9 Å². The minimum absolute atomic E-state index is 0.0525. The quantitative estimate of drug-likeness (QED) is 0.662. The maximum atomic E-state index is 12.8. The van der Waals surface area contributed by atoms with E-state index >= 15 is 0 Å². The number of piperidine rings is 1. The van der Waals surface area contributed by atoms with Crippen molar-refractivity contribution in [1.82, 2.24) is 10.2 Å². The number of nitrogens with zero attached hydrogens (tertiary/aromatic N) is 1. The number of anilines is 1. The van der Waals surface area contributed by atoms with Crippen molar-refractivity contribution in [2.75, 3.05) is 25.0 Å². The third kappa shape index (κ3) is 4.09. The molecule has 2 aliphatic heterocycles. The number of para-hydroxylation sites is 2. The maximum Gasteiger partial charge on any atom is 0.258 e. The van der Waals surface area contributed by atoms with Gasteiger partial charge < -0.3 is 15.4 Å². The summed E-state index contributed by atoms with van der Waals surface area (Å²) in [5, 5.41) is 6.10. The van der Waals surface area contributed by atoms with Gasteiger partial charge in [0.2, 0.25) is 5.91 Å². The largest absolute Gasteiger partial charge is 0.467 e. The van der Waals surface area contributed by atoms with Crippen LogP contribution in [-0.4, -0.2) is 42.1 Å². The first-order valence-corrected chi connectivity index (χ1v) is 10.9. The summed E-state index contributed by atoms with van der Waals surface area (Å²) in [5.41, 5.74) is 2.73. The van der Waals surface area contributed by atoms with Gasteiger partial charge in [-0.15, -0.1) is 0 Å². The van der Waals surface area contributed by atoms with Gasteiger partial charge in [0.1, 0.15) is 5.75 Å². The van der Waals surface area contributed by atoms with Crippen molar-refractivity contribution < 1.29 is 14.3 Å². The zero-order chi connectivity index (χ0) is 22.0. The highest BCUT2D eigenvalue weighted by atomic mass is 16.5. The second-order valence-corrected chi connectivity index (χ2v) is 8.28. The lowest BCUT2D eigenvalue weighted by atomic mass is 9.97. The number of hydrogen-bond acceptors (Lipinski definition) is 4. The van der Waals surface area contributed by atoms with Gasteiger partial charge in [-0.25, -0.2) is 0 Å². The number of nitrogens with one attached hydrogen (secondary N) is 2. The van der Waals surface area contributed by atoms with E-state index in [1.165, 1.54) is 0 Å². The van der Waals surface area contributed by atoms with Crippen molar-refractivity contribution in [2.45, 2.75) is 18.6 Å². The van der Waals surface area contributed by atoms with Crippen LogP contribution in [0.1, 0.15) is 23.2 Å². The lowest BCUT2D eigenvalue weighted by Gasteiger charge is -2.44. The average Bonchev–Trinajstić information content (AvgIpc) is 2.82. The third-order valence-electron chi connectivity index (χ3n) is 6.10. The van der Waals surface area contributed by atoms with Crippen LogP contribution in [0.4, 0.5) is 5.69 Å². The highest BCUT2D eigenvalue weighted by Crippen LogP contribution is 2.33. The highest BCUT2D eigenvalue weighted by molar-refractivity contribution is 5.98. The Labute approximate surface area is 187 Å². The van der Waals surface area contributed by atoms with E-state index in [9.17, 15) is 9.59 Å². The molecule has 6 nitrogen and oxygen atoms in total. The van der Waals surface area contributed by atoms with Crippen molar-refractivity contribution in [3.05, 3.63) is 84.4 Å². The summed E-state index contributed by atoms with van der Waals surface area (Å²) in [7, 11) is 0. The van der Waals surface area contributed by atoms with Crippen LogP contribution in [0.3, 0.4) is 0 Å². The lowest BCUT2D eigenvalue weighted by Crippen LogP contribution is -2.61. The van der Waals surface area contributed by atoms with Gasteiger partial charge in [-0.2, -0.15) is 0 Å². The molecule has 0 aromatic heterocycles. The van der Waals surface area contributed by atoms with Gasteiger partial charge in [0.05, 0.1) is 12.1 Å². The fourth-order valence-corrected chi connectivity index (χ4v) is 4.41. The summed E-state index contributed by atoms with van der Waals surface area (Å²) >= 11 is 0. The van der Waals surface area contributed by atoms with Crippen molar-refractivity contribution in [3.63, 3.8) is 0 Å². The van der Waals surface area contributed by atoms with Gasteiger partial charge in [0.15, 0.2) is 5.72 Å². The Hall–Kier alpha value is -3.64. The molecule has 1 saturated heterocycles. The Morgan fingerprint density at radius 1 is 0.906 bits per heavy atom. The molecule has 0 unspecified atom stereocenters. The minimum atomic E-state index is -0.696. The molecule has 2 heterocycles. The van der Waals surface area contributed by atoms with E-state index in [-0.39, 0.29) is 11.8 Å². The van der Waals surface area contributed by atoms with Crippen LogP contribution in [0.25, 0.3) is 11.1 Å². The number of amides is 2. The van der Waals surface area contributed by atoms with E-state index in [4.69, 9.17) is 4.74 Å². The number of hydrogen-bond donors (Lipinski definition) is 2. The first kappa shape index (κ1) is 20.3. The number of carbonyl (C=O) groups excluding carboxylic acids is 2. The second-order valence-electron chi connectivity index (χ2n) is 8.28. The minimum Gasteiger partial charge on any atom is -0.467 e. The van der Waals surface area contributed by atoms with Crippen LogP contribution in [-0.2, 0) is 4.79 Å². The maximum absolute atomic E-state index is 12.8. The predicted molar refractivity (Wildman–Crippen MR) is 123 cm³/mol. The van der Waals surface area contributed by atoms with E-state index in [2.05, 4.69) is 15.5 Å². The Bertz CT molecular complexity index is 1140. The molecule has 0 radical (unpaired) electrons. The van der Waals surface area contributed by atoms with Gasteiger partial charge in [-0.05, 0) is 23.8 Å². The Kier molecular flexibility index (Phi) is 5.37. The summed E-state index contributed by atoms with van der Waals surface area (Å²) in [6, 6.07) is 25.2. The standard InChI is InChI=1S/C26H25N3O3/c30-24(27-22-12-6-4-10-20(22)19-8-2-1-3-9-19)18-29-16-14-26(15-17-29)28-25(31)21-11-5-7-13-23(21)32-26/h1-13H,14-18H2,(H,27,30)(H,28,31). The lowest BCUT2D eigenvalue weighted by molar-refractivity contribution is -0.118. The molecule has 0 aliphatic carbocycles. The van der Waals surface area contributed by atoms with Crippen LogP contribution in [0.5, 0.6) is 5.75 Å². The summed E-state index contributed by atoms with van der Waals surface area (Å²) in [6.45, 7) is 1.62. The van der Waals surface area contributed by atoms with Crippen LogP contribution >= 0.6 is 0 Å². The SMILES string of the molecule is O=C(CN1CCC2(CC1)NC(=O)c1ccccc1O2)Nc1ccccc1-c1ccccc1. The molecule has 6 heteroatoms. The van der Waals surface area contributed by atoms with E-state index in [1.54, 1.807) is 6.07 Å². The van der Waals surface area contributed by atoms with Crippen molar-refractivity contribution >= 4 is 17.5 Å². The molecular weight excluding hydrogens is 402 g/mol. The number of carbonyl (C=O) groups is 2. The molecule has 0 atom stereocenters. The molecule has 1 fully saturated rings. The van der Waals surface area contributed by atoms with Crippen molar-refractivity contribution in [2.24, 2.45) is 0 Å². The van der Waals surface area contributed by atoms with E-state index in [0.29, 0.717) is 43.8 Å². The van der Waals surface area contributed by atoms with Crippen LogP contribution in [0, 0.1) is 0 Å². The number of fused-ring (bicyclic) bond motifs is 1. The first-order valence-electron chi connectivity index (χ1n) is 10.9. The number of likely N-dealkylation sites (tertiary alicyclic amines) is 1. The monoisotopic (exact) mass is 427 g/mol. The Morgan fingerprint density at radius 2 is 1.56 bits per heavy atom. The fraction of sp³-hybridized carbons (Fsp3) is 0.231. The average molecular weight is 428 g/mol. The molecule has 32 heavy (non-hydrogen) atoms. The second kappa shape index (κ2) is 8.48. The summed E-state index contributed by atoms with van der Waals surface area (Å²) in [4.78, 5) is 27.4. The molecule has 5 rings (SSSR count). The molecule has 2 amide bonds. The molecule has 0 bridgehead atoms. The van der Waals surface area contributed by atoms with Gasteiger partial charge in [-0.3, -0.25) is 14.5 Å². The molecule has 0 saturated carbocycles. The predicted octanol–water partition coefficient (Wildman–Crippen LogP) is 3.91. The zero-order valence-corrected chi connectivity index (χ0v) is 17.7. The van der Waals surface area contributed by atoms with Gasteiger partial charge in [-0.1, -0.05) is 60.7 Å². The Morgan fingerprint density at radius 3 is 2.34 bits per heavy atom. The van der Waals surface area contributed by atoms with Crippen LogP contribution < -0.4 is 15.4 Å². The normalized spacial score (nSPS) is 17.2. The topological polar surface area (TPSA) is 70.7 Å². The summed E-state index contributed by atoms with van der Waals surface area (Å²) in [6.07, 6.45) is 1.25. The number of rotatable bonds is 4. The molecule has 2 N–H and O–H groups in total. The smallest absolute Gasteiger partial charge is 0.258 e. The molecule has 3 aromatic carbocycles. The van der Waals surface area contributed by atoms with E-state index < -0.39 is 5.72 Å². The molecule has 162 valence electrons. The fourth-order valence-electron chi connectivity index (χ4n) is 4.41. The van der Waals surface area contributed by atoms with Crippen molar-refractivity contribution in [3.8, 4) is 16.9 Å². The van der Waals surface area contributed by atoms with E-state index in [1.807, 2.05) is 72.8 Å². The van der Waals surface area contributed by atoms with Crippen molar-refractivity contribution in [1.29, 1.82) is 0 Å². The van der Waals surface area contributed by atoms with Gasteiger partial charge in [0.25, 0.3) is 5.91 Å². The third-order valence-corrected chi connectivity index (χ3v) is 6.10. The first-order chi connectivity index (χ1) is 15.6. The molecule has 3 aromatic rings. The van der Waals surface area contributed by atoms with Crippen LogP contribution in [0.2, 0.25) is 0 Å². The molecular formula is C26H25N3O3. The van der Waals surface area contributed by atoms with E-state index in [0.717, 1.165) is 16.8 Å². The summed E-state index contributed by atoms with van der Waals surface area (Å²) < 4.78 is 6.19. The zero-order valence-electron chi connectivity index (χ0n) is 17.7. The Balaban J connectivity index is 1.21. The summed E-state index contributed by atoms with van der Waals surface area (Å²) in [5.74, 6) is 0.471. The molecule has 2 aliphatic rings. The van der Waals surface area contributed by atoms with Gasteiger partial charge in [0, 0.05) is 37.2 Å². The van der Waals surface area contributed by atoms with Gasteiger partial charge >= 0.3 is 0 Å². The molecule has 1 spiro atoms. The highest BCUT2D eigenvalue weighted by Gasteiger charge is 2.42.